The monoisotopic (exact) mass is 331 g/mol. The number of nitrogens with one attached hydrogen (secondary N) is 1. The van der Waals surface area contributed by atoms with Crippen LogP contribution in [0.4, 0.5) is 14.5 Å². The maximum Gasteiger partial charge on any atom is 0.387 e. The molecule has 0 aliphatic rings. The van der Waals surface area contributed by atoms with Crippen LogP contribution in [0.2, 0.25) is 0 Å². The third kappa shape index (κ3) is 3.54. The number of benzene rings is 1. The lowest BCUT2D eigenvalue weighted by Crippen LogP contribution is -2.11. The van der Waals surface area contributed by atoms with Crippen LogP contribution in [0.15, 0.2) is 45.7 Å². The van der Waals surface area contributed by atoms with E-state index in [1.807, 2.05) is 0 Å². The Balaban J connectivity index is 2.04. The molecule has 7 heteroatoms. The average Bonchev–Trinajstić information content (AvgIpc) is 2.77. The lowest BCUT2D eigenvalue weighted by molar-refractivity contribution is -0.0498. The molecule has 1 amide bonds. The standard InChI is InChI=1S/C12H8BrF2NO3/c13-10-9(5-6-18-10)11(17)16-7-1-3-8(4-2-7)19-12(14)15/h1-6,12H,(H,16,17). The summed E-state index contributed by atoms with van der Waals surface area (Å²) in [5.41, 5.74) is 0.799. The van der Waals surface area contributed by atoms with Crippen LogP contribution >= 0.6 is 15.9 Å². The molecule has 19 heavy (non-hydrogen) atoms. The van der Waals surface area contributed by atoms with Gasteiger partial charge in [-0.2, -0.15) is 8.78 Å². The van der Waals surface area contributed by atoms with E-state index in [0.717, 1.165) is 0 Å². The van der Waals surface area contributed by atoms with Crippen LogP contribution in [0.1, 0.15) is 10.4 Å². The van der Waals surface area contributed by atoms with Gasteiger partial charge in [0.25, 0.3) is 5.91 Å². The van der Waals surface area contributed by atoms with Crippen molar-refractivity contribution in [3.63, 3.8) is 0 Å². The van der Waals surface area contributed by atoms with Crippen LogP contribution in [-0.2, 0) is 0 Å². The molecule has 0 saturated heterocycles. The van der Waals surface area contributed by atoms with Crippen molar-refractivity contribution in [3.05, 3.63) is 46.8 Å². The first kappa shape index (κ1) is 13.5. The number of alkyl halides is 2. The normalized spacial score (nSPS) is 10.5. The molecular formula is C12H8BrF2NO3. The molecule has 2 rings (SSSR count). The van der Waals surface area contributed by atoms with Crippen molar-refractivity contribution in [1.82, 2.24) is 0 Å². The van der Waals surface area contributed by atoms with E-state index in [1.54, 1.807) is 0 Å². The molecule has 0 aliphatic heterocycles. The van der Waals surface area contributed by atoms with E-state index in [0.29, 0.717) is 15.9 Å². The number of carbonyl (C=O) groups excluding carboxylic acids is 1. The van der Waals surface area contributed by atoms with Crippen molar-refractivity contribution < 1.29 is 22.7 Å². The number of rotatable bonds is 4. The molecule has 2 aromatic rings. The molecule has 0 aliphatic carbocycles. The summed E-state index contributed by atoms with van der Waals surface area (Å²) in [7, 11) is 0. The fourth-order valence-electron chi connectivity index (χ4n) is 1.37. The first-order chi connectivity index (χ1) is 9.06. The Morgan fingerprint density at radius 3 is 2.47 bits per heavy atom. The highest BCUT2D eigenvalue weighted by atomic mass is 79.9. The number of furan rings is 1. The molecule has 0 spiro atoms. The van der Waals surface area contributed by atoms with Crippen LogP contribution in [0, 0.1) is 0 Å². The molecule has 4 nitrogen and oxygen atoms in total. The number of hydrogen-bond acceptors (Lipinski definition) is 3. The molecule has 1 heterocycles. The second-order valence-corrected chi connectivity index (χ2v) is 4.19. The van der Waals surface area contributed by atoms with Gasteiger partial charge in [0, 0.05) is 5.69 Å². The fourth-order valence-corrected chi connectivity index (χ4v) is 1.79. The molecule has 0 radical (unpaired) electrons. The smallest absolute Gasteiger partial charge is 0.387 e. The van der Waals surface area contributed by atoms with Gasteiger partial charge in [0.05, 0.1) is 11.8 Å². The first-order valence-corrected chi connectivity index (χ1v) is 5.95. The summed E-state index contributed by atoms with van der Waals surface area (Å²) in [4.78, 5) is 11.8. The Hall–Kier alpha value is -1.89. The lowest BCUT2D eigenvalue weighted by Gasteiger charge is -2.06. The largest absolute Gasteiger partial charge is 0.457 e. The van der Waals surface area contributed by atoms with Gasteiger partial charge in [0.2, 0.25) is 0 Å². The molecule has 1 aromatic heterocycles. The number of anilines is 1. The second-order valence-electron chi connectivity index (χ2n) is 3.46. The Morgan fingerprint density at radius 1 is 1.26 bits per heavy atom. The second kappa shape index (κ2) is 5.83. The summed E-state index contributed by atoms with van der Waals surface area (Å²) in [6.45, 7) is -2.87. The van der Waals surface area contributed by atoms with Crippen molar-refractivity contribution >= 4 is 27.5 Å². The van der Waals surface area contributed by atoms with Crippen molar-refractivity contribution in [2.24, 2.45) is 0 Å². The highest BCUT2D eigenvalue weighted by molar-refractivity contribution is 9.10. The van der Waals surface area contributed by atoms with Crippen LogP contribution < -0.4 is 10.1 Å². The van der Waals surface area contributed by atoms with E-state index in [9.17, 15) is 13.6 Å². The highest BCUT2D eigenvalue weighted by Crippen LogP contribution is 2.21. The minimum atomic E-state index is -2.87. The molecule has 1 aromatic carbocycles. The lowest BCUT2D eigenvalue weighted by atomic mass is 10.2. The average molecular weight is 332 g/mol. The van der Waals surface area contributed by atoms with E-state index < -0.39 is 6.61 Å². The summed E-state index contributed by atoms with van der Waals surface area (Å²) in [6.07, 6.45) is 1.37. The van der Waals surface area contributed by atoms with Crippen molar-refractivity contribution in [1.29, 1.82) is 0 Å². The summed E-state index contributed by atoms with van der Waals surface area (Å²) in [5.74, 6) is -0.347. The maximum atomic E-state index is 12.0. The van der Waals surface area contributed by atoms with Gasteiger partial charge < -0.3 is 14.5 Å². The van der Waals surface area contributed by atoms with Gasteiger partial charge in [-0.15, -0.1) is 0 Å². The number of halogens is 3. The Labute approximate surface area is 115 Å². The number of hydrogen-bond donors (Lipinski definition) is 1. The van der Waals surface area contributed by atoms with Crippen LogP contribution in [0.3, 0.4) is 0 Å². The molecule has 0 bridgehead atoms. The SMILES string of the molecule is O=C(Nc1ccc(OC(F)F)cc1)c1ccoc1Br. The number of carbonyl (C=O) groups is 1. The molecule has 0 fully saturated rings. The zero-order valence-electron chi connectivity index (χ0n) is 9.40. The van der Waals surface area contributed by atoms with Gasteiger partial charge in [-0.3, -0.25) is 4.79 Å². The summed E-state index contributed by atoms with van der Waals surface area (Å²) in [5, 5.41) is 2.59. The van der Waals surface area contributed by atoms with Crippen molar-refractivity contribution in [2.75, 3.05) is 5.32 Å². The number of amides is 1. The third-order valence-electron chi connectivity index (χ3n) is 2.20. The first-order valence-electron chi connectivity index (χ1n) is 5.15. The predicted octanol–water partition coefficient (Wildman–Crippen LogP) is 3.90. The Morgan fingerprint density at radius 2 is 1.95 bits per heavy atom. The van der Waals surface area contributed by atoms with Crippen molar-refractivity contribution in [3.8, 4) is 5.75 Å². The molecule has 0 atom stereocenters. The fraction of sp³-hybridized carbons (Fsp3) is 0.0833. The van der Waals surface area contributed by atoms with Gasteiger partial charge in [-0.1, -0.05) is 0 Å². The minimum Gasteiger partial charge on any atom is -0.457 e. The van der Waals surface area contributed by atoms with Crippen LogP contribution in [-0.4, -0.2) is 12.5 Å². The minimum absolute atomic E-state index is 0.0255. The molecule has 1 N–H and O–H groups in total. The molecular weight excluding hydrogens is 324 g/mol. The third-order valence-corrected chi connectivity index (χ3v) is 2.81. The van der Waals surface area contributed by atoms with E-state index in [2.05, 4.69) is 26.0 Å². The van der Waals surface area contributed by atoms with E-state index in [1.165, 1.54) is 36.6 Å². The van der Waals surface area contributed by atoms with E-state index in [4.69, 9.17) is 4.42 Å². The van der Waals surface area contributed by atoms with Crippen LogP contribution in [0.5, 0.6) is 5.75 Å². The van der Waals surface area contributed by atoms with Gasteiger partial charge in [-0.25, -0.2) is 0 Å². The predicted molar refractivity (Wildman–Crippen MR) is 67.4 cm³/mol. The van der Waals surface area contributed by atoms with Gasteiger partial charge >= 0.3 is 6.61 Å². The molecule has 0 saturated carbocycles. The Kier molecular flexibility index (Phi) is 4.16. The Bertz CT molecular complexity index is 569. The molecule has 0 unspecified atom stereocenters. The van der Waals surface area contributed by atoms with Gasteiger partial charge in [0.1, 0.15) is 5.75 Å². The topological polar surface area (TPSA) is 51.5 Å². The van der Waals surface area contributed by atoms with Crippen LogP contribution in [0.25, 0.3) is 0 Å². The maximum absolute atomic E-state index is 12.0. The van der Waals surface area contributed by atoms with Gasteiger partial charge in [-0.05, 0) is 46.3 Å². The van der Waals surface area contributed by atoms with Gasteiger partial charge in [0.15, 0.2) is 4.67 Å². The number of ether oxygens (including phenoxy) is 1. The zero-order chi connectivity index (χ0) is 13.8. The quantitative estimate of drug-likeness (QED) is 0.924. The van der Waals surface area contributed by atoms with Crippen molar-refractivity contribution in [2.45, 2.75) is 6.61 Å². The summed E-state index contributed by atoms with van der Waals surface area (Å²) < 4.78 is 33.4. The van der Waals surface area contributed by atoms with E-state index >= 15 is 0 Å². The highest BCUT2D eigenvalue weighted by Gasteiger charge is 2.12. The summed E-state index contributed by atoms with van der Waals surface area (Å²) in [6, 6.07) is 7.11. The summed E-state index contributed by atoms with van der Waals surface area (Å²) >= 11 is 3.09. The molecule has 100 valence electrons. The zero-order valence-corrected chi connectivity index (χ0v) is 11.0. The van der Waals surface area contributed by atoms with E-state index in [-0.39, 0.29) is 11.7 Å².